The number of carbonyl (C=O) groups excluding carboxylic acids is 2. The number of nitrogens with two attached hydrogens (primary N) is 1. The van der Waals surface area contributed by atoms with Gasteiger partial charge in [-0.2, -0.15) is 0 Å². The maximum atomic E-state index is 12.6. The predicted octanol–water partition coefficient (Wildman–Crippen LogP) is 5.08. The number of rotatable bonds is 8. The summed E-state index contributed by atoms with van der Waals surface area (Å²) < 4.78 is 12.0. The molecule has 0 saturated heterocycles. The number of amides is 2. The summed E-state index contributed by atoms with van der Waals surface area (Å²) in [6, 6.07) is 20.6. The van der Waals surface area contributed by atoms with Crippen LogP contribution in [0.2, 0.25) is 0 Å². The molecule has 3 aromatic carbocycles. The highest BCUT2D eigenvalue weighted by Gasteiger charge is 2.28. The molecule has 3 rings (SSSR count). The van der Waals surface area contributed by atoms with E-state index in [1.54, 1.807) is 60.7 Å². The summed E-state index contributed by atoms with van der Waals surface area (Å²) in [6.07, 6.45) is 0.0378. The molecule has 0 aliphatic rings. The fraction of sp³-hybridized carbons (Fsp3) is 0.120. The molecule has 0 saturated carbocycles. The molecular weight excluding hydrogens is 549 g/mol. The molecule has 0 aromatic heterocycles. The second-order valence-corrected chi connectivity index (χ2v) is 8.40. The number of halogens is 1. The first-order valence-corrected chi connectivity index (χ1v) is 11.3. The van der Waals surface area contributed by atoms with Gasteiger partial charge in [-0.3, -0.25) is 10.1 Å². The zero-order valence-electron chi connectivity index (χ0n) is 18.3. The third-order valence-electron chi connectivity index (χ3n) is 4.78. The average molecular weight is 573 g/mol. The maximum absolute atomic E-state index is 12.6. The monoisotopic (exact) mass is 573 g/mol. The Hall–Kier alpha value is -3.57. The Labute approximate surface area is 210 Å². The summed E-state index contributed by atoms with van der Waals surface area (Å²) in [6.45, 7) is 0. The van der Waals surface area contributed by atoms with E-state index in [1.807, 2.05) is 6.07 Å². The lowest BCUT2D eigenvalue weighted by atomic mass is 10.0. The fourth-order valence-corrected chi connectivity index (χ4v) is 3.63. The number of para-hydroxylation sites is 3. The van der Waals surface area contributed by atoms with E-state index in [0.717, 1.165) is 3.57 Å². The molecular formula is C25H24IN3O5. The average Bonchev–Trinajstić information content (AvgIpc) is 2.82. The van der Waals surface area contributed by atoms with E-state index in [1.165, 1.54) is 25.3 Å². The summed E-state index contributed by atoms with van der Waals surface area (Å²) >= 11 is 2.09. The Kier molecular flexibility index (Phi) is 8.88. The van der Waals surface area contributed by atoms with Gasteiger partial charge in [0, 0.05) is 28.0 Å². The third-order valence-corrected chi connectivity index (χ3v) is 5.45. The summed E-state index contributed by atoms with van der Waals surface area (Å²) in [5.74, 6) is -0.519. The number of nitrogen functional groups attached to an aromatic ring is 1. The van der Waals surface area contributed by atoms with E-state index in [9.17, 15) is 14.7 Å². The van der Waals surface area contributed by atoms with Crippen molar-refractivity contribution in [3.8, 4) is 5.75 Å². The van der Waals surface area contributed by atoms with Crippen molar-refractivity contribution in [2.75, 3.05) is 23.5 Å². The number of aromatic hydroxyl groups is 1. The zero-order valence-corrected chi connectivity index (χ0v) is 20.4. The van der Waals surface area contributed by atoms with Crippen LogP contribution < -0.4 is 16.4 Å². The molecule has 2 amide bonds. The Morgan fingerprint density at radius 2 is 1.74 bits per heavy atom. The van der Waals surface area contributed by atoms with Gasteiger partial charge in [0.05, 0.1) is 11.4 Å². The number of methoxy groups -OCH3 is 1. The first-order valence-electron chi connectivity index (χ1n) is 10.2. The second-order valence-electron chi connectivity index (χ2n) is 7.16. The third kappa shape index (κ3) is 6.96. The van der Waals surface area contributed by atoms with Crippen LogP contribution >= 0.6 is 22.6 Å². The quantitative estimate of drug-likeness (QED) is 0.169. The van der Waals surface area contributed by atoms with Crippen molar-refractivity contribution in [2.24, 2.45) is 0 Å². The van der Waals surface area contributed by atoms with Crippen molar-refractivity contribution in [1.82, 2.24) is 0 Å². The first kappa shape index (κ1) is 25.1. The Balaban J connectivity index is 1.83. The molecule has 0 fully saturated rings. The number of anilines is 3. The van der Waals surface area contributed by atoms with E-state index in [0.29, 0.717) is 22.6 Å². The minimum Gasteiger partial charge on any atom is -0.508 e. The van der Waals surface area contributed by atoms with Crippen molar-refractivity contribution < 1.29 is 24.2 Å². The largest absolute Gasteiger partial charge is 0.508 e. The maximum Gasteiger partial charge on any atom is 0.412 e. The SMILES string of the molecule is CO[C@H](/C=C/C(=O)Nc1ccccc1N)[C@H](OC(=O)Nc1ccccc1)c1cc(I)ccc1O. The molecule has 0 aliphatic heterocycles. The van der Waals surface area contributed by atoms with E-state index in [-0.39, 0.29) is 5.75 Å². The highest BCUT2D eigenvalue weighted by atomic mass is 127. The van der Waals surface area contributed by atoms with Crippen molar-refractivity contribution >= 4 is 51.7 Å². The summed E-state index contributed by atoms with van der Waals surface area (Å²) in [7, 11) is 1.42. The van der Waals surface area contributed by atoms with Crippen LogP contribution in [-0.4, -0.2) is 30.3 Å². The molecule has 9 heteroatoms. The van der Waals surface area contributed by atoms with E-state index < -0.39 is 24.2 Å². The Morgan fingerprint density at radius 3 is 2.44 bits per heavy atom. The molecule has 0 heterocycles. The van der Waals surface area contributed by atoms with Gasteiger partial charge in [-0.1, -0.05) is 30.3 Å². The van der Waals surface area contributed by atoms with Crippen molar-refractivity contribution in [2.45, 2.75) is 12.2 Å². The molecule has 0 spiro atoms. The molecule has 8 nitrogen and oxygen atoms in total. The molecule has 3 aromatic rings. The lowest BCUT2D eigenvalue weighted by molar-refractivity contribution is -0.112. The highest BCUT2D eigenvalue weighted by molar-refractivity contribution is 14.1. The van der Waals surface area contributed by atoms with Crippen molar-refractivity contribution in [3.05, 3.63) is 94.1 Å². The topological polar surface area (TPSA) is 123 Å². The van der Waals surface area contributed by atoms with Gasteiger partial charge in [0.1, 0.15) is 11.9 Å². The molecule has 0 aliphatic carbocycles. The fourth-order valence-electron chi connectivity index (χ4n) is 3.12. The van der Waals surface area contributed by atoms with Crippen molar-refractivity contribution in [3.63, 3.8) is 0 Å². The predicted molar refractivity (Wildman–Crippen MR) is 140 cm³/mol. The van der Waals surface area contributed by atoms with Gasteiger partial charge in [-0.15, -0.1) is 0 Å². The molecule has 2 atom stereocenters. The van der Waals surface area contributed by atoms with Gasteiger partial charge in [0.25, 0.3) is 0 Å². The number of ether oxygens (including phenoxy) is 2. The van der Waals surface area contributed by atoms with E-state index >= 15 is 0 Å². The second kappa shape index (κ2) is 12.1. The number of phenolic OH excluding ortho intramolecular Hbond substituents is 1. The zero-order chi connectivity index (χ0) is 24.5. The summed E-state index contributed by atoms with van der Waals surface area (Å²) in [5, 5.41) is 15.8. The number of phenols is 1. The van der Waals surface area contributed by atoms with Gasteiger partial charge < -0.3 is 25.6 Å². The minimum atomic E-state index is -1.05. The molecule has 5 N–H and O–H groups in total. The van der Waals surface area contributed by atoms with Crippen LogP contribution in [0.25, 0.3) is 0 Å². The van der Waals surface area contributed by atoms with Crippen molar-refractivity contribution in [1.29, 1.82) is 0 Å². The van der Waals surface area contributed by atoms with Gasteiger partial charge in [0.15, 0.2) is 6.10 Å². The van der Waals surface area contributed by atoms with Crippen LogP contribution in [0, 0.1) is 3.57 Å². The Bertz CT molecular complexity index is 1170. The number of hydrogen-bond acceptors (Lipinski definition) is 6. The summed E-state index contributed by atoms with van der Waals surface area (Å²) in [5.41, 5.74) is 7.64. The molecule has 0 bridgehead atoms. The highest BCUT2D eigenvalue weighted by Crippen LogP contribution is 2.33. The minimum absolute atomic E-state index is 0.0742. The first-order chi connectivity index (χ1) is 16.4. The van der Waals surface area contributed by atoms with E-state index in [4.69, 9.17) is 15.2 Å². The lowest BCUT2D eigenvalue weighted by Gasteiger charge is -2.25. The van der Waals surface area contributed by atoms with Crippen LogP contribution in [-0.2, 0) is 14.3 Å². The molecule has 0 radical (unpaired) electrons. The molecule has 176 valence electrons. The number of carbonyl (C=O) groups is 2. The van der Waals surface area contributed by atoms with E-state index in [2.05, 4.69) is 33.2 Å². The van der Waals surface area contributed by atoms with Gasteiger partial charge in [0.2, 0.25) is 5.91 Å². The van der Waals surface area contributed by atoms with Crippen LogP contribution in [0.1, 0.15) is 11.7 Å². The Morgan fingerprint density at radius 1 is 1.03 bits per heavy atom. The normalized spacial score (nSPS) is 12.6. The van der Waals surface area contributed by atoms with Crippen LogP contribution in [0.3, 0.4) is 0 Å². The molecule has 34 heavy (non-hydrogen) atoms. The number of benzene rings is 3. The van der Waals surface area contributed by atoms with Crippen LogP contribution in [0.4, 0.5) is 21.9 Å². The van der Waals surface area contributed by atoms with Gasteiger partial charge >= 0.3 is 6.09 Å². The number of nitrogens with one attached hydrogen (secondary N) is 2. The number of hydrogen-bond donors (Lipinski definition) is 4. The molecule has 0 unspecified atom stereocenters. The summed E-state index contributed by atoms with van der Waals surface area (Å²) in [4.78, 5) is 25.1. The van der Waals surface area contributed by atoms with Crippen LogP contribution in [0.15, 0.2) is 84.9 Å². The van der Waals surface area contributed by atoms with Gasteiger partial charge in [-0.25, -0.2) is 4.79 Å². The smallest absolute Gasteiger partial charge is 0.412 e. The lowest BCUT2D eigenvalue weighted by Crippen LogP contribution is -2.27. The van der Waals surface area contributed by atoms with Crippen LogP contribution in [0.5, 0.6) is 5.75 Å². The standard InChI is InChI=1S/C25H24IN3O5/c1-33-22(13-14-23(31)29-20-10-6-5-9-19(20)27)24(18-15-16(26)11-12-21(18)30)34-25(32)28-17-7-3-2-4-8-17/h2-15,22,24,30H,27H2,1H3,(H,28,32)(H,29,31)/b14-13+/t22-,24-/m1/s1. The van der Waals surface area contributed by atoms with Gasteiger partial charge in [-0.05, 0) is 71.1 Å².